The molecule has 0 aliphatic carbocycles. The van der Waals surface area contributed by atoms with Gasteiger partial charge in [-0.2, -0.15) is 0 Å². The Morgan fingerprint density at radius 3 is 2.70 bits per heavy atom. The number of hydrogen-bond donors (Lipinski definition) is 3. The maximum Gasteiger partial charge on any atom is 0.340 e. The number of carbonyl (C=O) groups is 1. The second-order valence-corrected chi connectivity index (χ2v) is 6.58. The molecule has 3 N–H and O–H groups in total. The largest absolute Gasteiger partial charge is 0.491 e. The molecule has 2 aromatic rings. The van der Waals surface area contributed by atoms with Crippen molar-refractivity contribution in [2.75, 3.05) is 26.4 Å². The van der Waals surface area contributed by atoms with Gasteiger partial charge in [-0.05, 0) is 38.5 Å². The molecule has 7 heteroatoms. The van der Waals surface area contributed by atoms with E-state index in [1.807, 2.05) is 37.6 Å². The van der Waals surface area contributed by atoms with Crippen LogP contribution in [-0.4, -0.2) is 59.3 Å². The summed E-state index contributed by atoms with van der Waals surface area (Å²) in [5.41, 5.74) is 2.29. The van der Waals surface area contributed by atoms with Gasteiger partial charge in [0.25, 0.3) is 0 Å². The highest BCUT2D eigenvalue weighted by atomic mass is 16.5. The number of hydrogen-bond acceptors (Lipinski definition) is 6. The Kier molecular flexibility index (Phi) is 7.65. The van der Waals surface area contributed by atoms with Gasteiger partial charge in [0.2, 0.25) is 0 Å². The molecule has 2 rings (SSSR count). The minimum atomic E-state index is -0.705. The molecule has 0 radical (unpaired) electrons. The Morgan fingerprint density at radius 1 is 1.33 bits per heavy atom. The zero-order chi connectivity index (χ0) is 20.0. The fourth-order valence-electron chi connectivity index (χ4n) is 2.99. The molecular weight excluding hydrogens is 348 g/mol. The molecule has 1 heterocycles. The number of aliphatic hydroxyl groups is 2. The molecule has 0 saturated carbocycles. The molecule has 2 atom stereocenters. The van der Waals surface area contributed by atoms with Crippen LogP contribution in [0.4, 0.5) is 0 Å². The van der Waals surface area contributed by atoms with Crippen molar-refractivity contribution in [3.8, 4) is 5.75 Å². The summed E-state index contributed by atoms with van der Waals surface area (Å²) in [5.74, 6) is 0.225. The SMILES string of the molecule is CCOC(=O)c1c(C)n(C)c2ccc(OC[C@@H](O)CN[C@H](CC)CO)cc12. The summed E-state index contributed by atoms with van der Waals surface area (Å²) in [6.07, 6.45) is 0.0772. The summed E-state index contributed by atoms with van der Waals surface area (Å²) in [7, 11) is 1.90. The fraction of sp³-hybridized carbons (Fsp3) is 0.550. The monoisotopic (exact) mass is 378 g/mol. The Labute approximate surface area is 159 Å². The molecule has 27 heavy (non-hydrogen) atoms. The minimum Gasteiger partial charge on any atom is -0.491 e. The first kappa shape index (κ1) is 21.2. The third-order valence-electron chi connectivity index (χ3n) is 4.74. The van der Waals surface area contributed by atoms with E-state index >= 15 is 0 Å². The van der Waals surface area contributed by atoms with Gasteiger partial charge < -0.3 is 29.6 Å². The first-order valence-electron chi connectivity index (χ1n) is 9.34. The quantitative estimate of drug-likeness (QED) is 0.546. The van der Waals surface area contributed by atoms with Gasteiger partial charge >= 0.3 is 5.97 Å². The summed E-state index contributed by atoms with van der Waals surface area (Å²) in [6.45, 7) is 6.42. The summed E-state index contributed by atoms with van der Waals surface area (Å²) < 4.78 is 12.8. The fourth-order valence-corrected chi connectivity index (χ4v) is 2.99. The molecule has 0 amide bonds. The van der Waals surface area contributed by atoms with Crippen LogP contribution in [0, 0.1) is 6.92 Å². The van der Waals surface area contributed by atoms with Crippen molar-refractivity contribution in [3.63, 3.8) is 0 Å². The van der Waals surface area contributed by atoms with Gasteiger partial charge in [-0.1, -0.05) is 6.92 Å². The average Bonchev–Trinajstić information content (AvgIpc) is 2.91. The van der Waals surface area contributed by atoms with Crippen LogP contribution >= 0.6 is 0 Å². The summed E-state index contributed by atoms with van der Waals surface area (Å²) in [4.78, 5) is 12.3. The smallest absolute Gasteiger partial charge is 0.340 e. The number of rotatable bonds is 10. The standard InChI is InChI=1S/C20H30N2O5/c1-5-14(11-23)21-10-15(24)12-27-16-7-8-18-17(9-16)19(13(3)22(18)4)20(25)26-6-2/h7-9,14-15,21,23-24H,5-6,10-12H2,1-4H3/t14-,15+/m1/s1. The molecule has 0 spiro atoms. The van der Waals surface area contributed by atoms with Gasteiger partial charge in [-0.3, -0.25) is 0 Å². The molecule has 7 nitrogen and oxygen atoms in total. The molecule has 0 fully saturated rings. The topological polar surface area (TPSA) is 93.0 Å². The normalized spacial score (nSPS) is 13.6. The molecule has 0 aliphatic rings. The summed E-state index contributed by atoms with van der Waals surface area (Å²) in [5, 5.41) is 23.1. The molecule has 0 unspecified atom stereocenters. The minimum absolute atomic E-state index is 0.0320. The number of aliphatic hydroxyl groups excluding tert-OH is 2. The zero-order valence-electron chi connectivity index (χ0n) is 16.5. The lowest BCUT2D eigenvalue weighted by Crippen LogP contribution is -2.39. The Balaban J connectivity index is 2.11. The van der Waals surface area contributed by atoms with Crippen LogP contribution < -0.4 is 10.1 Å². The van der Waals surface area contributed by atoms with Crippen molar-refractivity contribution in [3.05, 3.63) is 29.5 Å². The van der Waals surface area contributed by atoms with Crippen LogP contribution in [0.5, 0.6) is 5.75 Å². The third-order valence-corrected chi connectivity index (χ3v) is 4.74. The number of benzene rings is 1. The lowest BCUT2D eigenvalue weighted by molar-refractivity contribution is 0.0527. The predicted molar refractivity (Wildman–Crippen MR) is 104 cm³/mol. The van der Waals surface area contributed by atoms with Gasteiger partial charge in [-0.25, -0.2) is 4.79 Å². The number of carbonyl (C=O) groups excluding carboxylic acids is 1. The van der Waals surface area contributed by atoms with Crippen molar-refractivity contribution < 1.29 is 24.5 Å². The van der Waals surface area contributed by atoms with Crippen molar-refractivity contribution in [1.29, 1.82) is 0 Å². The molecule has 1 aromatic heterocycles. The molecule has 0 saturated heterocycles. The Hall–Kier alpha value is -2.09. The van der Waals surface area contributed by atoms with Crippen LogP contribution in [0.15, 0.2) is 18.2 Å². The van der Waals surface area contributed by atoms with Crippen LogP contribution in [0.25, 0.3) is 10.9 Å². The number of nitrogens with one attached hydrogen (secondary N) is 1. The number of aromatic nitrogens is 1. The number of fused-ring (bicyclic) bond motifs is 1. The van der Waals surface area contributed by atoms with Crippen molar-refractivity contribution in [2.45, 2.75) is 39.3 Å². The number of aryl methyl sites for hydroxylation is 1. The second-order valence-electron chi connectivity index (χ2n) is 6.58. The predicted octanol–water partition coefficient (Wildman–Crippen LogP) is 1.76. The maximum absolute atomic E-state index is 12.3. The lowest BCUT2D eigenvalue weighted by Gasteiger charge is -2.18. The molecule has 0 bridgehead atoms. The summed E-state index contributed by atoms with van der Waals surface area (Å²) in [6, 6.07) is 5.48. The average molecular weight is 378 g/mol. The zero-order valence-corrected chi connectivity index (χ0v) is 16.5. The van der Waals surface area contributed by atoms with Crippen molar-refractivity contribution >= 4 is 16.9 Å². The van der Waals surface area contributed by atoms with E-state index < -0.39 is 6.10 Å². The molecule has 1 aromatic carbocycles. The van der Waals surface area contributed by atoms with Gasteiger partial charge in [0.15, 0.2) is 0 Å². The van der Waals surface area contributed by atoms with E-state index in [0.29, 0.717) is 24.5 Å². The first-order valence-corrected chi connectivity index (χ1v) is 9.34. The number of esters is 1. The first-order chi connectivity index (χ1) is 12.9. The highest BCUT2D eigenvalue weighted by Crippen LogP contribution is 2.29. The van der Waals surface area contributed by atoms with E-state index in [0.717, 1.165) is 23.0 Å². The number of nitrogens with zero attached hydrogens (tertiary/aromatic N) is 1. The Bertz CT molecular complexity index is 767. The van der Waals surface area contributed by atoms with Crippen LogP contribution in [0.3, 0.4) is 0 Å². The summed E-state index contributed by atoms with van der Waals surface area (Å²) >= 11 is 0. The molecule has 0 aliphatic heterocycles. The maximum atomic E-state index is 12.3. The lowest BCUT2D eigenvalue weighted by atomic mass is 10.1. The van der Waals surface area contributed by atoms with E-state index in [1.54, 1.807) is 13.0 Å². The molecule has 150 valence electrons. The highest BCUT2D eigenvalue weighted by molar-refractivity contribution is 6.06. The van der Waals surface area contributed by atoms with Gasteiger partial charge in [0, 0.05) is 36.2 Å². The van der Waals surface area contributed by atoms with Gasteiger partial charge in [-0.15, -0.1) is 0 Å². The second kappa shape index (κ2) is 9.73. The molecular formula is C20H30N2O5. The number of ether oxygens (including phenoxy) is 2. The van der Waals surface area contributed by atoms with Gasteiger partial charge in [0.05, 0.1) is 18.8 Å². The van der Waals surface area contributed by atoms with Crippen molar-refractivity contribution in [2.24, 2.45) is 7.05 Å². The van der Waals surface area contributed by atoms with E-state index in [1.165, 1.54) is 0 Å². The van der Waals surface area contributed by atoms with E-state index in [4.69, 9.17) is 14.6 Å². The van der Waals surface area contributed by atoms with Crippen LogP contribution in [0.2, 0.25) is 0 Å². The Morgan fingerprint density at radius 2 is 2.07 bits per heavy atom. The third kappa shape index (κ3) is 5.00. The van der Waals surface area contributed by atoms with Crippen LogP contribution in [0.1, 0.15) is 36.3 Å². The van der Waals surface area contributed by atoms with E-state index in [9.17, 15) is 9.90 Å². The van der Waals surface area contributed by atoms with Crippen molar-refractivity contribution in [1.82, 2.24) is 9.88 Å². The van der Waals surface area contributed by atoms with Crippen LogP contribution in [-0.2, 0) is 11.8 Å². The van der Waals surface area contributed by atoms with E-state index in [-0.39, 0.29) is 25.2 Å². The van der Waals surface area contributed by atoms with Gasteiger partial charge in [0.1, 0.15) is 18.5 Å². The highest BCUT2D eigenvalue weighted by Gasteiger charge is 2.20. The van der Waals surface area contributed by atoms with E-state index in [2.05, 4.69) is 5.32 Å².